The zero-order chi connectivity index (χ0) is 17.2. The predicted molar refractivity (Wildman–Crippen MR) is 83.0 cm³/mol. The molecule has 23 heavy (non-hydrogen) atoms. The monoisotopic (exact) mass is 342 g/mol. The Morgan fingerprint density at radius 2 is 1.91 bits per heavy atom. The molecule has 0 spiro atoms. The minimum Gasteiger partial charge on any atom is -0.478 e. The zero-order valence-corrected chi connectivity index (χ0v) is 14.6. The van der Waals surface area contributed by atoms with Crippen LogP contribution in [0.5, 0.6) is 0 Å². The Morgan fingerprint density at radius 1 is 1.26 bits per heavy atom. The van der Waals surface area contributed by atoms with Crippen LogP contribution < -0.4 is 0 Å². The summed E-state index contributed by atoms with van der Waals surface area (Å²) in [5.74, 6) is -0.745. The number of carboxylic acid groups (broad SMARTS) is 1. The molecule has 0 bridgehead atoms. The molecule has 1 aromatic heterocycles. The summed E-state index contributed by atoms with van der Waals surface area (Å²) in [6, 6.07) is 0. The van der Waals surface area contributed by atoms with E-state index < -0.39 is 16.0 Å². The van der Waals surface area contributed by atoms with Crippen molar-refractivity contribution in [3.8, 4) is 0 Å². The molecule has 0 aliphatic carbocycles. The van der Waals surface area contributed by atoms with E-state index in [4.69, 9.17) is 4.42 Å². The van der Waals surface area contributed by atoms with E-state index in [-0.39, 0.29) is 33.3 Å². The van der Waals surface area contributed by atoms with Crippen molar-refractivity contribution in [3.63, 3.8) is 0 Å². The number of fused-ring (bicyclic) bond motifs is 1. The summed E-state index contributed by atoms with van der Waals surface area (Å²) in [5.41, 5.74) is -0.334. The first-order valence-electron chi connectivity index (χ1n) is 7.58. The van der Waals surface area contributed by atoms with Gasteiger partial charge in [0, 0.05) is 26.2 Å². The number of carboxylic acids is 1. The Morgan fingerprint density at radius 3 is 2.48 bits per heavy atom. The number of aryl methyl sites for hydroxylation is 2. The fraction of sp³-hybridized carbons (Fsp3) is 0.667. The number of rotatable bonds is 3. The molecule has 8 heteroatoms. The smallest absolute Gasteiger partial charge is 0.340 e. The molecule has 2 atom stereocenters. The first-order valence-corrected chi connectivity index (χ1v) is 9.02. The maximum atomic E-state index is 13.0. The Hall–Kier alpha value is -1.38. The molecule has 2 aliphatic heterocycles. The van der Waals surface area contributed by atoms with Crippen molar-refractivity contribution in [1.82, 2.24) is 9.21 Å². The van der Waals surface area contributed by atoms with Gasteiger partial charge in [0.1, 0.15) is 22.0 Å². The summed E-state index contributed by atoms with van der Waals surface area (Å²) >= 11 is 0. The van der Waals surface area contributed by atoms with Gasteiger partial charge >= 0.3 is 5.97 Å². The highest BCUT2D eigenvalue weighted by Crippen LogP contribution is 2.44. The topological polar surface area (TPSA) is 91.1 Å². The van der Waals surface area contributed by atoms with Crippen LogP contribution in [0.1, 0.15) is 28.8 Å². The van der Waals surface area contributed by atoms with Gasteiger partial charge in [0.15, 0.2) is 0 Å². The number of hydrogen-bond donors (Lipinski definition) is 1. The Bertz CT molecular complexity index is 769. The summed E-state index contributed by atoms with van der Waals surface area (Å²) in [4.78, 5) is 13.5. The van der Waals surface area contributed by atoms with Crippen LogP contribution in [-0.4, -0.2) is 61.9 Å². The molecule has 0 amide bonds. The molecule has 1 aromatic rings. The summed E-state index contributed by atoms with van der Waals surface area (Å²) in [6.07, 6.45) is 0. The Kier molecular flexibility index (Phi) is 3.62. The lowest BCUT2D eigenvalue weighted by Gasteiger charge is -2.23. The average molecular weight is 342 g/mol. The summed E-state index contributed by atoms with van der Waals surface area (Å²) < 4.78 is 32.8. The molecule has 0 radical (unpaired) electrons. The highest BCUT2D eigenvalue weighted by molar-refractivity contribution is 7.89. The van der Waals surface area contributed by atoms with Crippen LogP contribution in [0.25, 0.3) is 0 Å². The second-order valence-electron chi connectivity index (χ2n) is 7.07. The van der Waals surface area contributed by atoms with Crippen molar-refractivity contribution in [2.24, 2.45) is 11.3 Å². The van der Waals surface area contributed by atoms with Crippen LogP contribution in [0.15, 0.2) is 9.31 Å². The molecule has 2 saturated heterocycles. The Labute approximate surface area is 135 Å². The number of nitrogens with zero attached hydrogens (tertiary/aromatic N) is 2. The number of sulfonamides is 1. The number of carbonyl (C=O) groups is 1. The van der Waals surface area contributed by atoms with Crippen molar-refractivity contribution in [3.05, 3.63) is 17.1 Å². The van der Waals surface area contributed by atoms with E-state index in [2.05, 4.69) is 11.8 Å². The van der Waals surface area contributed by atoms with Gasteiger partial charge in [0.05, 0.1) is 0 Å². The van der Waals surface area contributed by atoms with Crippen LogP contribution in [0, 0.1) is 25.2 Å². The van der Waals surface area contributed by atoms with Gasteiger partial charge in [-0.2, -0.15) is 4.31 Å². The molecule has 2 fully saturated rings. The molecule has 128 valence electrons. The van der Waals surface area contributed by atoms with Crippen molar-refractivity contribution in [2.75, 3.05) is 33.2 Å². The van der Waals surface area contributed by atoms with Gasteiger partial charge < -0.3 is 14.4 Å². The van der Waals surface area contributed by atoms with E-state index in [9.17, 15) is 18.3 Å². The number of likely N-dealkylation sites (tertiary alicyclic amines) is 1. The number of aromatic carboxylic acids is 1. The largest absolute Gasteiger partial charge is 0.478 e. The van der Waals surface area contributed by atoms with Gasteiger partial charge in [0.2, 0.25) is 10.0 Å². The molecule has 0 saturated carbocycles. The first kappa shape index (κ1) is 16.5. The second-order valence-corrected chi connectivity index (χ2v) is 8.94. The third kappa shape index (κ3) is 2.40. The van der Waals surface area contributed by atoms with Gasteiger partial charge in [-0.25, -0.2) is 13.2 Å². The van der Waals surface area contributed by atoms with Crippen LogP contribution in [0.2, 0.25) is 0 Å². The number of hydrogen-bond acceptors (Lipinski definition) is 5. The van der Waals surface area contributed by atoms with Crippen LogP contribution >= 0.6 is 0 Å². The standard InChI is InChI=1S/C15H22N2O5S/c1-9-12(14(18)19)13(10(2)22-9)23(20,21)17-6-11-5-16(4)7-15(11,3)8-17/h11H,5-8H2,1-4H3,(H,18,19)/t11-,15+/m1/s1. The fourth-order valence-corrected chi connectivity index (χ4v) is 6.10. The van der Waals surface area contributed by atoms with Crippen LogP contribution in [0.3, 0.4) is 0 Å². The maximum Gasteiger partial charge on any atom is 0.340 e. The molecule has 7 nitrogen and oxygen atoms in total. The van der Waals surface area contributed by atoms with Crippen LogP contribution in [0.4, 0.5) is 0 Å². The predicted octanol–water partition coefficient (Wildman–Crippen LogP) is 1.17. The van der Waals surface area contributed by atoms with Crippen molar-refractivity contribution in [1.29, 1.82) is 0 Å². The van der Waals surface area contributed by atoms with Crippen molar-refractivity contribution >= 4 is 16.0 Å². The third-order valence-corrected chi connectivity index (χ3v) is 7.09. The SMILES string of the molecule is Cc1oc(C)c(S(=O)(=O)N2C[C@H]3CN(C)C[C@@]3(C)C2)c1C(=O)O. The summed E-state index contributed by atoms with van der Waals surface area (Å²) in [5, 5.41) is 9.36. The molecule has 1 N–H and O–H groups in total. The summed E-state index contributed by atoms with van der Waals surface area (Å²) in [6.45, 7) is 7.61. The van der Waals surface area contributed by atoms with Gasteiger partial charge in [-0.1, -0.05) is 6.92 Å². The highest BCUT2D eigenvalue weighted by atomic mass is 32.2. The normalized spacial score (nSPS) is 29.1. The lowest BCUT2D eigenvalue weighted by Crippen LogP contribution is -2.35. The molecule has 0 aromatic carbocycles. The molecule has 2 aliphatic rings. The minimum atomic E-state index is -3.88. The number of furan rings is 1. The summed E-state index contributed by atoms with van der Waals surface area (Å²) in [7, 11) is -1.85. The van der Waals surface area contributed by atoms with Gasteiger partial charge in [-0.05, 0) is 32.2 Å². The quantitative estimate of drug-likeness (QED) is 0.886. The molecular weight excluding hydrogens is 320 g/mol. The van der Waals surface area contributed by atoms with Crippen molar-refractivity contribution < 1.29 is 22.7 Å². The van der Waals surface area contributed by atoms with Crippen LogP contribution in [-0.2, 0) is 10.0 Å². The van der Waals surface area contributed by atoms with E-state index in [1.165, 1.54) is 18.2 Å². The molecule has 3 rings (SSSR count). The van der Waals surface area contributed by atoms with Gasteiger partial charge in [-0.15, -0.1) is 0 Å². The van der Waals surface area contributed by atoms with E-state index in [1.807, 2.05) is 7.05 Å². The fourth-order valence-electron chi connectivity index (χ4n) is 4.11. The second kappa shape index (κ2) is 5.06. The molecular formula is C15H22N2O5S. The lowest BCUT2D eigenvalue weighted by atomic mass is 9.83. The Balaban J connectivity index is 2.01. The van der Waals surface area contributed by atoms with E-state index in [1.54, 1.807) is 0 Å². The lowest BCUT2D eigenvalue weighted by molar-refractivity contribution is 0.0691. The molecule has 0 unspecified atom stereocenters. The van der Waals surface area contributed by atoms with Gasteiger partial charge in [-0.3, -0.25) is 0 Å². The van der Waals surface area contributed by atoms with E-state index in [0.29, 0.717) is 13.1 Å². The minimum absolute atomic E-state index is 0.0854. The van der Waals surface area contributed by atoms with Gasteiger partial charge in [0.25, 0.3) is 0 Å². The van der Waals surface area contributed by atoms with Crippen molar-refractivity contribution in [2.45, 2.75) is 25.7 Å². The first-order chi connectivity index (χ1) is 10.6. The average Bonchev–Trinajstić information content (AvgIpc) is 2.95. The highest BCUT2D eigenvalue weighted by Gasteiger charge is 2.52. The molecule has 3 heterocycles. The zero-order valence-electron chi connectivity index (χ0n) is 13.8. The van der Waals surface area contributed by atoms with E-state index >= 15 is 0 Å². The third-order valence-electron chi connectivity index (χ3n) is 5.13. The maximum absolute atomic E-state index is 13.0. The van der Waals surface area contributed by atoms with E-state index in [0.717, 1.165) is 13.1 Å².